The molecule has 1 aromatic carbocycles. The van der Waals surface area contributed by atoms with E-state index in [1.165, 1.54) is 13.3 Å². The number of methoxy groups -OCH3 is 1. The summed E-state index contributed by atoms with van der Waals surface area (Å²) in [5.41, 5.74) is 4.59. The summed E-state index contributed by atoms with van der Waals surface area (Å²) in [5.74, 6) is 0.896. The first-order chi connectivity index (χ1) is 19.1. The van der Waals surface area contributed by atoms with Crippen LogP contribution in [0.15, 0.2) is 48.8 Å². The number of hydrogen-bond donors (Lipinski definition) is 3. The van der Waals surface area contributed by atoms with Crippen LogP contribution in [0.1, 0.15) is 44.0 Å². The average Bonchev–Trinajstić information content (AvgIpc) is 2.91. The molecule has 212 valence electrons. The third-order valence-corrected chi connectivity index (χ3v) is 5.88. The van der Waals surface area contributed by atoms with Crippen LogP contribution in [0.4, 0.5) is 33.6 Å². The number of aromatic nitrogens is 3. The second kappa shape index (κ2) is 12.9. The molecule has 1 fully saturated rings. The summed E-state index contributed by atoms with van der Waals surface area (Å²) in [6, 6.07) is 10.5. The van der Waals surface area contributed by atoms with Gasteiger partial charge < -0.3 is 19.5 Å². The third kappa shape index (κ3) is 8.01. The molecule has 2 aromatic heterocycles. The van der Waals surface area contributed by atoms with E-state index in [2.05, 4.69) is 31.0 Å². The summed E-state index contributed by atoms with van der Waals surface area (Å²) in [5, 5.41) is 6.78. The molecule has 1 amide bonds. The van der Waals surface area contributed by atoms with E-state index < -0.39 is 16.9 Å². The zero-order valence-electron chi connectivity index (χ0n) is 22.7. The van der Waals surface area contributed by atoms with Crippen LogP contribution < -0.4 is 25.8 Å². The molecular weight excluding hydrogens is 538 g/mol. The minimum Gasteiger partial charge on any atom is -0.481 e. The Morgan fingerprint density at radius 2 is 1.85 bits per heavy atom. The first kappa shape index (κ1) is 29.0. The maximum atomic E-state index is 12.5. The number of carbonyl (C=O) groups is 2. The molecule has 0 atom stereocenters. The van der Waals surface area contributed by atoms with E-state index in [1.807, 2.05) is 6.07 Å². The van der Waals surface area contributed by atoms with Gasteiger partial charge in [-0.2, -0.15) is 4.98 Å². The highest BCUT2D eigenvalue weighted by molar-refractivity contribution is 6.68. The summed E-state index contributed by atoms with van der Waals surface area (Å²) in [7, 11) is 1.53. The molecule has 0 spiro atoms. The monoisotopic (exact) mass is 569 g/mol. The molecule has 12 nitrogen and oxygen atoms in total. The van der Waals surface area contributed by atoms with Gasteiger partial charge in [-0.1, -0.05) is 6.07 Å². The standard InChI is InChI=1S/C27H32ClN7O5/c1-27(2,3)40-26(37)32-18-6-5-7-20(14-18)35(34-17-10-12-39-13-11-17)24-21(23(28)36)16-30-25(33-24)31-19-8-9-22(38-4)29-15-19/h5-9,14-17,34H,10-13H2,1-4H3,(H,32,37)(H,30,31,33). The molecule has 40 heavy (non-hydrogen) atoms. The van der Waals surface area contributed by atoms with E-state index in [0.29, 0.717) is 36.2 Å². The molecule has 13 heteroatoms. The van der Waals surface area contributed by atoms with E-state index in [0.717, 1.165) is 12.8 Å². The first-order valence-corrected chi connectivity index (χ1v) is 13.1. The van der Waals surface area contributed by atoms with Crippen LogP contribution in [-0.4, -0.2) is 58.3 Å². The number of hydrogen-bond acceptors (Lipinski definition) is 11. The predicted octanol–water partition coefficient (Wildman–Crippen LogP) is 5.17. The van der Waals surface area contributed by atoms with E-state index >= 15 is 0 Å². The fourth-order valence-corrected chi connectivity index (χ4v) is 3.99. The van der Waals surface area contributed by atoms with Gasteiger partial charge in [0.25, 0.3) is 5.24 Å². The van der Waals surface area contributed by atoms with Crippen LogP contribution in [0, 0.1) is 0 Å². The summed E-state index contributed by atoms with van der Waals surface area (Å²) in [4.78, 5) is 38.0. The fourth-order valence-electron chi connectivity index (χ4n) is 3.86. The van der Waals surface area contributed by atoms with E-state index in [-0.39, 0.29) is 23.4 Å². The second-order valence-electron chi connectivity index (χ2n) is 9.95. The van der Waals surface area contributed by atoms with Crippen molar-refractivity contribution in [1.29, 1.82) is 0 Å². The molecule has 3 aromatic rings. The van der Waals surface area contributed by atoms with Gasteiger partial charge >= 0.3 is 6.09 Å². The Morgan fingerprint density at radius 1 is 1.07 bits per heavy atom. The van der Waals surface area contributed by atoms with Crippen molar-refractivity contribution in [3.8, 4) is 5.88 Å². The van der Waals surface area contributed by atoms with Crippen molar-refractivity contribution >= 4 is 51.8 Å². The smallest absolute Gasteiger partial charge is 0.412 e. The summed E-state index contributed by atoms with van der Waals surface area (Å²) < 4.78 is 16.0. The maximum absolute atomic E-state index is 12.5. The molecule has 1 aliphatic heterocycles. The summed E-state index contributed by atoms with van der Waals surface area (Å²) in [6.45, 7) is 6.55. The Morgan fingerprint density at radius 3 is 2.50 bits per heavy atom. The van der Waals surface area contributed by atoms with Crippen LogP contribution >= 0.6 is 11.6 Å². The van der Waals surface area contributed by atoms with Crippen molar-refractivity contribution in [1.82, 2.24) is 20.4 Å². The van der Waals surface area contributed by atoms with Gasteiger partial charge in [-0.3, -0.25) is 15.1 Å². The Bertz CT molecular complexity index is 1330. The van der Waals surface area contributed by atoms with Gasteiger partial charge in [0, 0.05) is 37.2 Å². The van der Waals surface area contributed by atoms with Crippen molar-refractivity contribution in [3.63, 3.8) is 0 Å². The Kier molecular flexibility index (Phi) is 9.35. The largest absolute Gasteiger partial charge is 0.481 e. The summed E-state index contributed by atoms with van der Waals surface area (Å²) in [6.07, 6.45) is 3.82. The van der Waals surface area contributed by atoms with Crippen LogP contribution in [0.2, 0.25) is 0 Å². The number of halogens is 1. The first-order valence-electron chi connectivity index (χ1n) is 12.7. The second-order valence-corrected chi connectivity index (χ2v) is 10.3. The zero-order valence-corrected chi connectivity index (χ0v) is 23.5. The van der Waals surface area contributed by atoms with Crippen molar-refractivity contribution in [2.45, 2.75) is 45.3 Å². The molecule has 0 radical (unpaired) electrons. The molecule has 0 unspecified atom stereocenters. The number of anilines is 5. The highest BCUT2D eigenvalue weighted by atomic mass is 35.5. The molecule has 4 rings (SSSR count). The minimum atomic E-state index is -0.727. The third-order valence-electron chi connectivity index (χ3n) is 5.68. The van der Waals surface area contributed by atoms with E-state index in [4.69, 9.17) is 25.8 Å². The fraction of sp³-hybridized carbons (Fsp3) is 0.370. The molecule has 0 bridgehead atoms. The lowest BCUT2D eigenvalue weighted by Crippen LogP contribution is -2.45. The number of hydrazine groups is 1. The minimum absolute atomic E-state index is 0.0201. The number of rotatable bonds is 9. The van der Waals surface area contributed by atoms with Gasteiger partial charge in [-0.15, -0.1) is 0 Å². The van der Waals surface area contributed by atoms with Gasteiger partial charge in [-0.25, -0.2) is 20.2 Å². The van der Waals surface area contributed by atoms with Gasteiger partial charge in [0.05, 0.1) is 30.2 Å². The molecule has 0 saturated carbocycles. The predicted molar refractivity (Wildman–Crippen MR) is 152 cm³/mol. The average molecular weight is 570 g/mol. The lowest BCUT2D eigenvalue weighted by atomic mass is 10.1. The van der Waals surface area contributed by atoms with Gasteiger partial charge in [-0.05, 0) is 69.5 Å². The number of ether oxygens (including phenoxy) is 3. The van der Waals surface area contributed by atoms with Crippen molar-refractivity contribution in [2.75, 3.05) is 36.0 Å². The Balaban J connectivity index is 1.71. The van der Waals surface area contributed by atoms with E-state index in [1.54, 1.807) is 62.3 Å². The molecule has 3 heterocycles. The maximum Gasteiger partial charge on any atom is 0.412 e. The molecule has 1 aliphatic rings. The van der Waals surface area contributed by atoms with Gasteiger partial charge in [0.1, 0.15) is 5.60 Å². The summed E-state index contributed by atoms with van der Waals surface area (Å²) >= 11 is 5.98. The molecule has 3 N–H and O–H groups in total. The van der Waals surface area contributed by atoms with E-state index in [9.17, 15) is 9.59 Å². The number of amides is 1. The highest BCUT2D eigenvalue weighted by Crippen LogP contribution is 2.30. The van der Waals surface area contributed by atoms with Crippen molar-refractivity contribution in [3.05, 3.63) is 54.4 Å². The normalized spacial score (nSPS) is 13.8. The number of benzene rings is 1. The van der Waals surface area contributed by atoms with Crippen LogP contribution in [0.3, 0.4) is 0 Å². The SMILES string of the molecule is COc1ccc(Nc2ncc(C(=O)Cl)c(N(NC3CCOCC3)c3cccc(NC(=O)OC(C)(C)C)c3)n2)cn1. The Hall–Kier alpha value is -4.00. The Labute approximate surface area is 237 Å². The molecular formula is C27H32ClN7O5. The number of carbonyl (C=O) groups excluding carboxylic acids is 2. The topological polar surface area (TPSA) is 140 Å². The van der Waals surface area contributed by atoms with Crippen LogP contribution in [0.25, 0.3) is 0 Å². The van der Waals surface area contributed by atoms with Crippen LogP contribution in [0.5, 0.6) is 5.88 Å². The highest BCUT2D eigenvalue weighted by Gasteiger charge is 2.25. The lowest BCUT2D eigenvalue weighted by molar-refractivity contribution is 0.0635. The van der Waals surface area contributed by atoms with Crippen LogP contribution in [-0.2, 0) is 9.47 Å². The number of nitrogens with zero attached hydrogens (tertiary/aromatic N) is 4. The molecule has 0 aliphatic carbocycles. The molecule has 1 saturated heterocycles. The lowest BCUT2D eigenvalue weighted by Gasteiger charge is -2.33. The van der Waals surface area contributed by atoms with Crippen molar-refractivity contribution in [2.24, 2.45) is 0 Å². The number of nitrogens with one attached hydrogen (secondary N) is 3. The van der Waals surface area contributed by atoms with Gasteiger partial charge in [0.2, 0.25) is 11.8 Å². The van der Waals surface area contributed by atoms with Gasteiger partial charge in [0.15, 0.2) is 5.82 Å². The zero-order chi connectivity index (χ0) is 28.7. The van der Waals surface area contributed by atoms with Crippen molar-refractivity contribution < 1.29 is 23.8 Å². The quantitative estimate of drug-likeness (QED) is 0.232. The number of pyridine rings is 1.